The molecule has 0 aromatic heterocycles. The third-order valence-electron chi connectivity index (χ3n) is 2.68. The molecule has 1 aliphatic rings. The molecule has 0 spiro atoms. The lowest BCUT2D eigenvalue weighted by molar-refractivity contribution is -0.149. The fourth-order valence-corrected chi connectivity index (χ4v) is 1.98. The van der Waals surface area contributed by atoms with Crippen LogP contribution in [0.3, 0.4) is 0 Å². The van der Waals surface area contributed by atoms with Gasteiger partial charge in [0.25, 0.3) is 0 Å². The van der Waals surface area contributed by atoms with Crippen molar-refractivity contribution in [1.82, 2.24) is 4.90 Å². The molecule has 3 nitrogen and oxygen atoms in total. The Morgan fingerprint density at radius 3 is 2.36 bits per heavy atom. The Labute approximate surface area is 85.7 Å². The van der Waals surface area contributed by atoms with Gasteiger partial charge in [0.2, 0.25) is 0 Å². The minimum absolute atomic E-state index is 0.130. The quantitative estimate of drug-likeness (QED) is 0.508. The Bertz CT molecular complexity index is 225. The van der Waals surface area contributed by atoms with Gasteiger partial charge in [0.1, 0.15) is 6.04 Å². The second kappa shape index (κ2) is 4.60. The molecule has 0 saturated heterocycles. The number of nitrogens with zero attached hydrogens (tertiary/aromatic N) is 1. The summed E-state index contributed by atoms with van der Waals surface area (Å²) in [5.41, 5.74) is 0. The Morgan fingerprint density at radius 2 is 1.93 bits per heavy atom. The summed E-state index contributed by atoms with van der Waals surface area (Å²) >= 11 is 0. The number of esters is 1. The first kappa shape index (κ1) is 11.2. The molecule has 0 amide bonds. The molecule has 3 heteroatoms. The van der Waals surface area contributed by atoms with E-state index in [-0.39, 0.29) is 12.0 Å². The van der Waals surface area contributed by atoms with Gasteiger partial charge in [-0.3, -0.25) is 9.69 Å². The molecule has 1 unspecified atom stereocenters. The first-order valence-electron chi connectivity index (χ1n) is 5.20. The largest absolute Gasteiger partial charge is 0.465 e. The first-order chi connectivity index (χ1) is 6.57. The van der Waals surface area contributed by atoms with E-state index in [2.05, 4.69) is 30.9 Å². The third-order valence-corrected chi connectivity index (χ3v) is 2.68. The number of hydrogen-bond acceptors (Lipinski definition) is 3. The van der Waals surface area contributed by atoms with E-state index in [1.807, 2.05) is 13.8 Å². The molecule has 3 atom stereocenters. The van der Waals surface area contributed by atoms with Crippen molar-refractivity contribution < 1.29 is 9.53 Å². The van der Waals surface area contributed by atoms with E-state index in [1.54, 1.807) is 0 Å². The van der Waals surface area contributed by atoms with Gasteiger partial charge in [-0.2, -0.15) is 0 Å². The van der Waals surface area contributed by atoms with E-state index in [9.17, 15) is 4.79 Å². The molecule has 0 aromatic carbocycles. The van der Waals surface area contributed by atoms with Crippen molar-refractivity contribution in [3.05, 3.63) is 12.2 Å². The van der Waals surface area contributed by atoms with Crippen LogP contribution in [0.2, 0.25) is 0 Å². The van der Waals surface area contributed by atoms with Crippen LogP contribution in [0.15, 0.2) is 12.2 Å². The van der Waals surface area contributed by atoms with Crippen LogP contribution >= 0.6 is 0 Å². The maximum absolute atomic E-state index is 11.5. The predicted molar refractivity (Wildman–Crippen MR) is 56.0 cm³/mol. The normalized spacial score (nSPS) is 29.1. The Hall–Kier alpha value is -0.830. The fourth-order valence-electron chi connectivity index (χ4n) is 1.98. The van der Waals surface area contributed by atoms with Gasteiger partial charge in [0, 0.05) is 12.1 Å². The number of hydrogen-bond donors (Lipinski definition) is 0. The van der Waals surface area contributed by atoms with Crippen LogP contribution in [-0.4, -0.2) is 35.6 Å². The van der Waals surface area contributed by atoms with Gasteiger partial charge in [-0.1, -0.05) is 12.2 Å². The van der Waals surface area contributed by atoms with Crippen LogP contribution in [-0.2, 0) is 9.53 Å². The van der Waals surface area contributed by atoms with E-state index in [0.29, 0.717) is 18.7 Å². The van der Waals surface area contributed by atoms with Crippen LogP contribution in [0.25, 0.3) is 0 Å². The van der Waals surface area contributed by atoms with Crippen molar-refractivity contribution >= 4 is 5.97 Å². The standard InChI is InChI=1S/C11H19NO2/c1-5-14-11(13)10(4)12-8(2)6-7-9(12)3/h6-10H,5H2,1-4H3/t8-,9-,10?/m0/s1. The van der Waals surface area contributed by atoms with Gasteiger partial charge < -0.3 is 4.74 Å². The molecule has 0 N–H and O–H groups in total. The minimum atomic E-state index is -0.157. The molecule has 0 fully saturated rings. The molecule has 1 aliphatic heterocycles. The zero-order valence-electron chi connectivity index (χ0n) is 9.36. The smallest absolute Gasteiger partial charge is 0.323 e. The topological polar surface area (TPSA) is 29.5 Å². The lowest BCUT2D eigenvalue weighted by Crippen LogP contribution is -2.46. The molecule has 0 saturated carbocycles. The number of carbonyl (C=O) groups excluding carboxylic acids is 1. The van der Waals surface area contributed by atoms with Crippen LogP contribution in [0.4, 0.5) is 0 Å². The van der Waals surface area contributed by atoms with E-state index in [1.165, 1.54) is 0 Å². The summed E-state index contributed by atoms with van der Waals surface area (Å²) in [5, 5.41) is 0. The highest BCUT2D eigenvalue weighted by molar-refractivity contribution is 5.75. The Kier molecular flexibility index (Phi) is 3.69. The van der Waals surface area contributed by atoms with E-state index >= 15 is 0 Å². The first-order valence-corrected chi connectivity index (χ1v) is 5.20. The lowest BCUT2D eigenvalue weighted by atomic mass is 10.2. The van der Waals surface area contributed by atoms with Gasteiger partial charge in [0.15, 0.2) is 0 Å². The van der Waals surface area contributed by atoms with Gasteiger partial charge in [0.05, 0.1) is 6.61 Å². The molecule has 1 rings (SSSR count). The van der Waals surface area contributed by atoms with Gasteiger partial charge in [-0.05, 0) is 27.7 Å². The van der Waals surface area contributed by atoms with Crippen molar-refractivity contribution in [2.24, 2.45) is 0 Å². The molecule has 80 valence electrons. The van der Waals surface area contributed by atoms with Crippen molar-refractivity contribution in [3.8, 4) is 0 Å². The monoisotopic (exact) mass is 197 g/mol. The molecule has 0 aromatic rings. The van der Waals surface area contributed by atoms with Crippen molar-refractivity contribution in [1.29, 1.82) is 0 Å². The highest BCUT2D eigenvalue weighted by Crippen LogP contribution is 2.19. The Morgan fingerprint density at radius 1 is 1.43 bits per heavy atom. The van der Waals surface area contributed by atoms with E-state index in [0.717, 1.165) is 0 Å². The zero-order valence-corrected chi connectivity index (χ0v) is 9.36. The van der Waals surface area contributed by atoms with Crippen molar-refractivity contribution in [2.75, 3.05) is 6.61 Å². The van der Waals surface area contributed by atoms with Crippen molar-refractivity contribution in [2.45, 2.75) is 45.8 Å². The van der Waals surface area contributed by atoms with E-state index < -0.39 is 0 Å². The summed E-state index contributed by atoms with van der Waals surface area (Å²) in [7, 11) is 0. The fraction of sp³-hybridized carbons (Fsp3) is 0.727. The summed E-state index contributed by atoms with van der Waals surface area (Å²) in [6, 6.07) is 0.490. The van der Waals surface area contributed by atoms with Gasteiger partial charge >= 0.3 is 5.97 Å². The van der Waals surface area contributed by atoms with Gasteiger partial charge in [-0.15, -0.1) is 0 Å². The average Bonchev–Trinajstić information content (AvgIpc) is 2.46. The number of rotatable bonds is 3. The molecule has 1 heterocycles. The Balaban J connectivity index is 2.60. The highest BCUT2D eigenvalue weighted by Gasteiger charge is 2.31. The highest BCUT2D eigenvalue weighted by atomic mass is 16.5. The maximum atomic E-state index is 11.5. The average molecular weight is 197 g/mol. The SMILES string of the molecule is CCOC(=O)C(C)N1[C@@H](C)C=C[C@@H]1C. The third kappa shape index (κ3) is 2.15. The molecular formula is C11H19NO2. The second-order valence-electron chi connectivity index (χ2n) is 3.74. The van der Waals surface area contributed by atoms with Crippen LogP contribution < -0.4 is 0 Å². The zero-order chi connectivity index (χ0) is 10.7. The molecular weight excluding hydrogens is 178 g/mol. The van der Waals surface area contributed by atoms with E-state index in [4.69, 9.17) is 4.74 Å². The summed E-state index contributed by atoms with van der Waals surface area (Å²) in [6.07, 6.45) is 4.25. The summed E-state index contributed by atoms with van der Waals surface area (Å²) in [4.78, 5) is 13.7. The minimum Gasteiger partial charge on any atom is -0.465 e. The summed E-state index contributed by atoms with van der Waals surface area (Å²) in [5.74, 6) is -0.130. The maximum Gasteiger partial charge on any atom is 0.323 e. The molecule has 0 bridgehead atoms. The number of carbonyl (C=O) groups is 1. The second-order valence-corrected chi connectivity index (χ2v) is 3.74. The number of ether oxygens (including phenoxy) is 1. The van der Waals surface area contributed by atoms with Crippen molar-refractivity contribution in [3.63, 3.8) is 0 Å². The van der Waals surface area contributed by atoms with Crippen LogP contribution in [0.5, 0.6) is 0 Å². The lowest BCUT2D eigenvalue weighted by Gasteiger charge is -2.30. The predicted octanol–water partition coefficient (Wildman–Crippen LogP) is 1.59. The summed E-state index contributed by atoms with van der Waals surface area (Å²) < 4.78 is 5.00. The summed E-state index contributed by atoms with van der Waals surface area (Å²) in [6.45, 7) is 8.37. The van der Waals surface area contributed by atoms with Gasteiger partial charge in [-0.25, -0.2) is 0 Å². The molecule has 0 aliphatic carbocycles. The van der Waals surface area contributed by atoms with Crippen LogP contribution in [0.1, 0.15) is 27.7 Å². The molecule has 14 heavy (non-hydrogen) atoms. The van der Waals surface area contributed by atoms with Crippen LogP contribution in [0, 0.1) is 0 Å². The molecule has 0 radical (unpaired) electrons.